The lowest BCUT2D eigenvalue weighted by Crippen LogP contribution is -2.30. The van der Waals surface area contributed by atoms with Crippen LogP contribution < -0.4 is 10.2 Å². The minimum Gasteiger partial charge on any atom is -0.396 e. The number of hydrogen-bond donors (Lipinski definition) is 2. The third-order valence-electron chi connectivity index (χ3n) is 5.57. The summed E-state index contributed by atoms with van der Waals surface area (Å²) in [5.74, 6) is 0.0790. The van der Waals surface area contributed by atoms with Crippen molar-refractivity contribution in [2.75, 3.05) is 24.6 Å². The second-order valence-electron chi connectivity index (χ2n) is 8.12. The third-order valence-corrected chi connectivity index (χ3v) is 5.57. The van der Waals surface area contributed by atoms with Crippen LogP contribution in [0, 0.1) is 0 Å². The van der Waals surface area contributed by atoms with Gasteiger partial charge in [-0.15, -0.1) is 0 Å². The number of rotatable bonds is 7. The molecule has 1 aliphatic heterocycles. The molecule has 0 saturated heterocycles. The molecule has 2 heterocycles. The Balaban J connectivity index is 1.70. The standard InChI is InChI=1S/C24H27N5O3/c1-16(2)29-15-26-22(27-29)20-14-28(24(32)17-7-4-3-5-8-17)21-10-9-18(13-19(20)21)23(31)25-11-6-12-30/h3-5,7-10,13,15-16,20,30H,6,11-12,14H2,1-2H3,(H,25,31)/t20-/m0/s1. The maximum atomic E-state index is 13.3. The van der Waals surface area contributed by atoms with Crippen LogP contribution in [0.2, 0.25) is 0 Å². The van der Waals surface area contributed by atoms with E-state index in [9.17, 15) is 9.59 Å². The molecule has 2 N–H and O–H groups in total. The Hall–Kier alpha value is -3.52. The summed E-state index contributed by atoms with van der Waals surface area (Å²) < 4.78 is 1.79. The Morgan fingerprint density at radius 3 is 2.62 bits per heavy atom. The van der Waals surface area contributed by atoms with Crippen molar-refractivity contribution >= 4 is 17.5 Å². The molecule has 0 aliphatic carbocycles. The molecule has 1 aromatic heterocycles. The summed E-state index contributed by atoms with van der Waals surface area (Å²) in [6.45, 7) is 4.88. The number of carbonyl (C=O) groups is 2. The van der Waals surface area contributed by atoms with Gasteiger partial charge in [0.2, 0.25) is 0 Å². The molecule has 0 bridgehead atoms. The summed E-state index contributed by atoms with van der Waals surface area (Å²) in [5.41, 5.74) is 2.72. The number of nitrogens with zero attached hydrogens (tertiary/aromatic N) is 4. The van der Waals surface area contributed by atoms with E-state index < -0.39 is 0 Å². The number of hydrogen-bond acceptors (Lipinski definition) is 5. The van der Waals surface area contributed by atoms with Gasteiger partial charge in [0.1, 0.15) is 6.33 Å². The van der Waals surface area contributed by atoms with E-state index >= 15 is 0 Å². The van der Waals surface area contributed by atoms with Gasteiger partial charge >= 0.3 is 0 Å². The van der Waals surface area contributed by atoms with Gasteiger partial charge in [-0.3, -0.25) is 14.3 Å². The number of carbonyl (C=O) groups excluding carboxylic acids is 2. The monoisotopic (exact) mass is 433 g/mol. The zero-order chi connectivity index (χ0) is 22.7. The maximum Gasteiger partial charge on any atom is 0.258 e. The molecule has 8 heteroatoms. The maximum absolute atomic E-state index is 13.3. The number of aromatic nitrogens is 3. The number of amides is 2. The van der Waals surface area contributed by atoms with Crippen molar-refractivity contribution in [1.82, 2.24) is 20.1 Å². The SMILES string of the molecule is CC(C)n1cnc([C@H]2CN(C(=O)c3ccccc3)c3ccc(C(=O)NCCCO)cc32)n1. The van der Waals surface area contributed by atoms with E-state index in [1.807, 2.05) is 44.2 Å². The van der Waals surface area contributed by atoms with Gasteiger partial charge in [-0.05, 0) is 56.2 Å². The first kappa shape index (κ1) is 21.7. The molecule has 0 unspecified atom stereocenters. The lowest BCUT2D eigenvalue weighted by Gasteiger charge is -2.18. The normalized spacial score (nSPS) is 15.1. The van der Waals surface area contributed by atoms with E-state index in [0.29, 0.717) is 36.5 Å². The van der Waals surface area contributed by atoms with Gasteiger partial charge in [-0.25, -0.2) is 4.98 Å². The Kier molecular flexibility index (Phi) is 6.32. The van der Waals surface area contributed by atoms with Crippen LogP contribution in [0.1, 0.15) is 64.3 Å². The highest BCUT2D eigenvalue weighted by molar-refractivity contribution is 6.08. The van der Waals surface area contributed by atoms with Crippen molar-refractivity contribution in [2.45, 2.75) is 32.2 Å². The predicted octanol–water partition coefficient (Wildman–Crippen LogP) is 2.76. The molecule has 1 atom stereocenters. The third kappa shape index (κ3) is 4.27. The zero-order valence-electron chi connectivity index (χ0n) is 18.2. The fourth-order valence-corrected chi connectivity index (χ4v) is 3.83. The van der Waals surface area contributed by atoms with Crippen LogP contribution in [-0.2, 0) is 0 Å². The quantitative estimate of drug-likeness (QED) is 0.558. The second kappa shape index (κ2) is 9.32. The Morgan fingerprint density at radius 2 is 1.94 bits per heavy atom. The Morgan fingerprint density at radius 1 is 1.16 bits per heavy atom. The fourth-order valence-electron chi connectivity index (χ4n) is 3.83. The zero-order valence-corrected chi connectivity index (χ0v) is 18.2. The van der Waals surface area contributed by atoms with Crippen LogP contribution in [-0.4, -0.2) is 51.4 Å². The molecular weight excluding hydrogens is 406 g/mol. The molecule has 0 saturated carbocycles. The molecule has 2 aromatic carbocycles. The van der Waals surface area contributed by atoms with Gasteiger partial charge in [0.05, 0.1) is 5.92 Å². The van der Waals surface area contributed by atoms with Crippen LogP contribution in [0.15, 0.2) is 54.9 Å². The summed E-state index contributed by atoms with van der Waals surface area (Å²) in [4.78, 5) is 32.1. The van der Waals surface area contributed by atoms with Crippen LogP contribution in [0.25, 0.3) is 0 Å². The van der Waals surface area contributed by atoms with E-state index in [1.165, 1.54) is 0 Å². The minimum atomic E-state index is -0.233. The average Bonchev–Trinajstić information content (AvgIpc) is 3.44. The summed E-state index contributed by atoms with van der Waals surface area (Å²) in [7, 11) is 0. The van der Waals surface area contributed by atoms with E-state index in [0.717, 1.165) is 11.3 Å². The van der Waals surface area contributed by atoms with Crippen molar-refractivity contribution < 1.29 is 14.7 Å². The fraction of sp³-hybridized carbons (Fsp3) is 0.333. The van der Waals surface area contributed by atoms with Crippen molar-refractivity contribution in [3.63, 3.8) is 0 Å². The average molecular weight is 434 g/mol. The Labute approximate surface area is 186 Å². The molecule has 0 fully saturated rings. The van der Waals surface area contributed by atoms with Gasteiger partial charge in [0, 0.05) is 42.6 Å². The molecule has 2 amide bonds. The van der Waals surface area contributed by atoms with E-state index in [1.54, 1.807) is 34.1 Å². The van der Waals surface area contributed by atoms with E-state index in [-0.39, 0.29) is 30.4 Å². The number of fused-ring (bicyclic) bond motifs is 1. The summed E-state index contributed by atoms with van der Waals surface area (Å²) in [5, 5.41) is 16.4. The minimum absolute atomic E-state index is 0.0211. The molecule has 166 valence electrons. The highest BCUT2D eigenvalue weighted by Gasteiger charge is 2.36. The van der Waals surface area contributed by atoms with Crippen molar-refractivity contribution in [3.8, 4) is 0 Å². The summed E-state index contributed by atoms with van der Waals surface area (Å²) in [6.07, 6.45) is 2.20. The topological polar surface area (TPSA) is 100 Å². The molecule has 0 radical (unpaired) electrons. The van der Waals surface area contributed by atoms with Gasteiger partial charge in [-0.1, -0.05) is 18.2 Å². The molecule has 3 aromatic rings. The second-order valence-corrected chi connectivity index (χ2v) is 8.12. The molecule has 0 spiro atoms. The van der Waals surface area contributed by atoms with Gasteiger partial charge < -0.3 is 15.3 Å². The first-order valence-electron chi connectivity index (χ1n) is 10.8. The number of aliphatic hydroxyl groups excluding tert-OH is 1. The van der Waals surface area contributed by atoms with Gasteiger partial charge in [-0.2, -0.15) is 5.10 Å². The number of anilines is 1. The van der Waals surface area contributed by atoms with Crippen LogP contribution in [0.5, 0.6) is 0 Å². The summed E-state index contributed by atoms with van der Waals surface area (Å²) >= 11 is 0. The Bertz CT molecular complexity index is 1110. The highest BCUT2D eigenvalue weighted by Crippen LogP contribution is 2.40. The number of benzene rings is 2. The number of nitrogens with one attached hydrogen (secondary N) is 1. The number of aliphatic hydroxyl groups is 1. The lowest BCUT2D eigenvalue weighted by molar-refractivity contribution is 0.0949. The molecule has 4 rings (SSSR count). The van der Waals surface area contributed by atoms with Crippen LogP contribution in [0.3, 0.4) is 0 Å². The molecule has 32 heavy (non-hydrogen) atoms. The van der Waals surface area contributed by atoms with E-state index in [2.05, 4.69) is 15.4 Å². The van der Waals surface area contributed by atoms with Gasteiger partial charge in [0.25, 0.3) is 11.8 Å². The first-order chi connectivity index (χ1) is 15.5. The van der Waals surface area contributed by atoms with Crippen molar-refractivity contribution in [3.05, 3.63) is 77.4 Å². The largest absolute Gasteiger partial charge is 0.396 e. The molecular formula is C24H27N5O3. The highest BCUT2D eigenvalue weighted by atomic mass is 16.3. The van der Waals surface area contributed by atoms with Crippen LogP contribution in [0.4, 0.5) is 5.69 Å². The van der Waals surface area contributed by atoms with Gasteiger partial charge in [0.15, 0.2) is 5.82 Å². The summed E-state index contributed by atoms with van der Waals surface area (Å²) in [6, 6.07) is 14.7. The first-order valence-corrected chi connectivity index (χ1v) is 10.8. The smallest absolute Gasteiger partial charge is 0.258 e. The van der Waals surface area contributed by atoms with Crippen LogP contribution >= 0.6 is 0 Å². The predicted molar refractivity (Wildman–Crippen MR) is 121 cm³/mol. The van der Waals surface area contributed by atoms with E-state index in [4.69, 9.17) is 5.11 Å². The molecule has 8 nitrogen and oxygen atoms in total. The van der Waals surface area contributed by atoms with Crippen molar-refractivity contribution in [2.24, 2.45) is 0 Å². The molecule has 1 aliphatic rings. The lowest BCUT2D eigenvalue weighted by atomic mass is 9.98. The van der Waals surface area contributed by atoms with Crippen molar-refractivity contribution in [1.29, 1.82) is 0 Å².